The van der Waals surface area contributed by atoms with Crippen molar-refractivity contribution < 1.29 is 0 Å². The number of nitrogens with zero attached hydrogens (tertiary/aromatic N) is 4. The second kappa shape index (κ2) is 6.38. The van der Waals surface area contributed by atoms with Gasteiger partial charge in [0.05, 0.1) is 0 Å². The van der Waals surface area contributed by atoms with Crippen molar-refractivity contribution in [3.63, 3.8) is 0 Å². The first-order valence-corrected chi connectivity index (χ1v) is 7.68. The van der Waals surface area contributed by atoms with Gasteiger partial charge in [-0.15, -0.1) is 10.2 Å². The molecular formula is C20H14N4. The average Bonchev–Trinajstić information content (AvgIpc) is 2.69. The lowest BCUT2D eigenvalue weighted by molar-refractivity contribution is 0.989. The van der Waals surface area contributed by atoms with Crippen LogP contribution >= 0.6 is 0 Å². The van der Waals surface area contributed by atoms with Crippen LogP contribution in [0.15, 0.2) is 85.2 Å². The van der Waals surface area contributed by atoms with E-state index in [1.165, 1.54) is 0 Å². The number of hydrogen-bond acceptors (Lipinski definition) is 4. The van der Waals surface area contributed by atoms with Crippen LogP contribution in [0.1, 0.15) is 0 Å². The summed E-state index contributed by atoms with van der Waals surface area (Å²) in [6, 6.07) is 23.8. The zero-order valence-electron chi connectivity index (χ0n) is 12.9. The topological polar surface area (TPSA) is 51.6 Å². The van der Waals surface area contributed by atoms with Gasteiger partial charge in [-0.1, -0.05) is 60.7 Å². The Balaban J connectivity index is 1.92. The molecule has 0 fully saturated rings. The molecule has 0 saturated heterocycles. The summed E-state index contributed by atoms with van der Waals surface area (Å²) in [6.45, 7) is 0. The second-order valence-corrected chi connectivity index (χ2v) is 5.31. The van der Waals surface area contributed by atoms with Crippen LogP contribution in [0.2, 0.25) is 0 Å². The first-order valence-electron chi connectivity index (χ1n) is 7.68. The van der Waals surface area contributed by atoms with Gasteiger partial charge in [0.15, 0.2) is 5.82 Å². The molecule has 0 amide bonds. The highest BCUT2D eigenvalue weighted by atomic mass is 15.2. The van der Waals surface area contributed by atoms with Gasteiger partial charge in [0.1, 0.15) is 11.4 Å². The maximum absolute atomic E-state index is 4.78. The average molecular weight is 310 g/mol. The molecule has 0 spiro atoms. The van der Waals surface area contributed by atoms with Crippen molar-refractivity contribution in [2.45, 2.75) is 0 Å². The van der Waals surface area contributed by atoms with Crippen LogP contribution < -0.4 is 0 Å². The van der Waals surface area contributed by atoms with Crippen LogP contribution in [-0.2, 0) is 0 Å². The SMILES string of the molecule is c1ccc(-c2nnc(-c3cccnc3)nc2-c2ccccc2)cc1. The van der Waals surface area contributed by atoms with Gasteiger partial charge in [-0.2, -0.15) is 0 Å². The van der Waals surface area contributed by atoms with Crippen molar-refractivity contribution >= 4 is 0 Å². The molecular weight excluding hydrogens is 296 g/mol. The van der Waals surface area contributed by atoms with Gasteiger partial charge in [-0.05, 0) is 12.1 Å². The van der Waals surface area contributed by atoms with Gasteiger partial charge in [0.25, 0.3) is 0 Å². The van der Waals surface area contributed by atoms with Crippen molar-refractivity contribution in [1.29, 1.82) is 0 Å². The fourth-order valence-corrected chi connectivity index (χ4v) is 2.53. The van der Waals surface area contributed by atoms with E-state index in [0.29, 0.717) is 5.82 Å². The van der Waals surface area contributed by atoms with E-state index in [2.05, 4.69) is 15.2 Å². The quantitative estimate of drug-likeness (QED) is 0.567. The number of aromatic nitrogens is 4. The summed E-state index contributed by atoms with van der Waals surface area (Å²) in [7, 11) is 0. The van der Waals surface area contributed by atoms with Crippen LogP contribution in [0.4, 0.5) is 0 Å². The zero-order valence-corrected chi connectivity index (χ0v) is 12.9. The highest BCUT2D eigenvalue weighted by Crippen LogP contribution is 2.29. The third kappa shape index (κ3) is 2.77. The molecule has 24 heavy (non-hydrogen) atoms. The van der Waals surface area contributed by atoms with Crippen LogP contribution in [0.3, 0.4) is 0 Å². The number of rotatable bonds is 3. The lowest BCUT2D eigenvalue weighted by atomic mass is 10.0. The van der Waals surface area contributed by atoms with Gasteiger partial charge in [0, 0.05) is 29.1 Å². The lowest BCUT2D eigenvalue weighted by Gasteiger charge is -2.09. The Morgan fingerprint density at radius 2 is 1.17 bits per heavy atom. The molecule has 2 aromatic carbocycles. The van der Waals surface area contributed by atoms with Crippen LogP contribution in [-0.4, -0.2) is 20.2 Å². The lowest BCUT2D eigenvalue weighted by Crippen LogP contribution is -2.00. The highest BCUT2D eigenvalue weighted by Gasteiger charge is 2.14. The molecule has 0 saturated carbocycles. The first kappa shape index (κ1) is 14.2. The molecule has 4 nitrogen and oxygen atoms in total. The Morgan fingerprint density at radius 1 is 0.542 bits per heavy atom. The molecule has 4 aromatic rings. The van der Waals surface area contributed by atoms with Crippen molar-refractivity contribution in [2.75, 3.05) is 0 Å². The number of pyridine rings is 1. The summed E-state index contributed by atoms with van der Waals surface area (Å²) in [5, 5.41) is 8.77. The Hall–Kier alpha value is -3.40. The first-order chi connectivity index (χ1) is 11.9. The van der Waals surface area contributed by atoms with Gasteiger partial charge in [-0.3, -0.25) is 4.98 Å². The van der Waals surface area contributed by atoms with Crippen molar-refractivity contribution in [2.24, 2.45) is 0 Å². The van der Waals surface area contributed by atoms with Crippen LogP contribution in [0, 0.1) is 0 Å². The maximum Gasteiger partial charge on any atom is 0.183 e. The summed E-state index contributed by atoms with van der Waals surface area (Å²) in [6.07, 6.45) is 3.47. The molecule has 114 valence electrons. The Morgan fingerprint density at radius 3 is 1.79 bits per heavy atom. The molecule has 0 bridgehead atoms. The van der Waals surface area contributed by atoms with Gasteiger partial charge < -0.3 is 0 Å². The molecule has 0 aliphatic carbocycles. The minimum Gasteiger partial charge on any atom is -0.264 e. The molecule has 0 radical (unpaired) electrons. The van der Waals surface area contributed by atoms with E-state index in [-0.39, 0.29) is 0 Å². The van der Waals surface area contributed by atoms with E-state index < -0.39 is 0 Å². The van der Waals surface area contributed by atoms with Gasteiger partial charge in [-0.25, -0.2) is 4.98 Å². The minimum absolute atomic E-state index is 0.571. The Kier molecular flexibility index (Phi) is 3.78. The second-order valence-electron chi connectivity index (χ2n) is 5.31. The standard InChI is InChI=1S/C20H14N4/c1-3-8-15(9-4-1)18-19(16-10-5-2-6-11-16)23-24-20(22-18)17-12-7-13-21-14-17/h1-14H. The maximum atomic E-state index is 4.78. The summed E-state index contributed by atoms with van der Waals surface area (Å²) in [4.78, 5) is 8.91. The Bertz CT molecular complexity index is 939. The molecule has 0 N–H and O–H groups in total. The fraction of sp³-hybridized carbons (Fsp3) is 0. The molecule has 0 aliphatic heterocycles. The summed E-state index contributed by atoms with van der Waals surface area (Å²) in [5.74, 6) is 0.571. The smallest absolute Gasteiger partial charge is 0.183 e. The third-order valence-corrected chi connectivity index (χ3v) is 3.70. The molecule has 0 unspecified atom stereocenters. The molecule has 4 rings (SSSR count). The van der Waals surface area contributed by atoms with E-state index >= 15 is 0 Å². The normalized spacial score (nSPS) is 10.5. The zero-order chi connectivity index (χ0) is 16.2. The molecule has 0 atom stereocenters. The van der Waals surface area contributed by atoms with E-state index in [1.807, 2.05) is 72.8 Å². The highest BCUT2D eigenvalue weighted by molar-refractivity contribution is 5.78. The van der Waals surface area contributed by atoms with Crippen molar-refractivity contribution in [3.8, 4) is 33.9 Å². The van der Waals surface area contributed by atoms with Gasteiger partial charge >= 0.3 is 0 Å². The van der Waals surface area contributed by atoms with Gasteiger partial charge in [0.2, 0.25) is 0 Å². The predicted octanol–water partition coefficient (Wildman–Crippen LogP) is 4.27. The monoisotopic (exact) mass is 310 g/mol. The molecule has 2 heterocycles. The number of hydrogen-bond donors (Lipinski definition) is 0. The van der Waals surface area contributed by atoms with E-state index in [9.17, 15) is 0 Å². The molecule has 2 aromatic heterocycles. The molecule has 0 aliphatic rings. The summed E-state index contributed by atoms with van der Waals surface area (Å²) in [5.41, 5.74) is 4.44. The van der Waals surface area contributed by atoms with Crippen LogP contribution in [0.5, 0.6) is 0 Å². The number of benzene rings is 2. The van der Waals surface area contributed by atoms with E-state index in [0.717, 1.165) is 28.1 Å². The van der Waals surface area contributed by atoms with Crippen molar-refractivity contribution in [1.82, 2.24) is 20.2 Å². The van der Waals surface area contributed by atoms with Crippen LogP contribution in [0.25, 0.3) is 33.9 Å². The minimum atomic E-state index is 0.571. The largest absolute Gasteiger partial charge is 0.264 e. The molecule has 4 heteroatoms. The third-order valence-electron chi connectivity index (χ3n) is 3.70. The summed E-state index contributed by atoms with van der Waals surface area (Å²) < 4.78 is 0. The van der Waals surface area contributed by atoms with E-state index in [4.69, 9.17) is 4.98 Å². The Labute approximate surface area is 139 Å². The van der Waals surface area contributed by atoms with E-state index in [1.54, 1.807) is 12.4 Å². The van der Waals surface area contributed by atoms with Crippen molar-refractivity contribution in [3.05, 3.63) is 85.2 Å². The fourth-order valence-electron chi connectivity index (χ4n) is 2.53. The predicted molar refractivity (Wildman–Crippen MR) is 93.9 cm³/mol. The summed E-state index contributed by atoms with van der Waals surface area (Å²) >= 11 is 0.